The first-order valence-corrected chi connectivity index (χ1v) is 10.1. The lowest BCUT2D eigenvalue weighted by molar-refractivity contribution is -0.143. The number of fused-ring (bicyclic) bond motifs is 1. The number of aliphatic hydroxyl groups is 1. The predicted octanol–water partition coefficient (Wildman–Crippen LogP) is 2.56. The average Bonchev–Trinajstić information content (AvgIpc) is 3.22. The molecule has 0 aromatic heterocycles. The highest BCUT2D eigenvalue weighted by Gasteiger charge is 2.34. The van der Waals surface area contributed by atoms with Gasteiger partial charge in [0.15, 0.2) is 6.10 Å². The summed E-state index contributed by atoms with van der Waals surface area (Å²) < 4.78 is 5.17. The van der Waals surface area contributed by atoms with Gasteiger partial charge in [-0.2, -0.15) is 0 Å². The summed E-state index contributed by atoms with van der Waals surface area (Å²) in [5, 5.41) is 10.5. The van der Waals surface area contributed by atoms with Crippen LogP contribution < -0.4 is 9.64 Å². The SMILES string of the molecule is COc1cccc(C(O)C(=O)N2CCC(C(=O)N3CCc4ccccc43)CC2)c1. The van der Waals surface area contributed by atoms with E-state index in [1.807, 2.05) is 23.1 Å². The molecule has 0 aliphatic carbocycles. The Kier molecular flexibility index (Phi) is 5.53. The molecule has 1 unspecified atom stereocenters. The maximum atomic E-state index is 13.0. The van der Waals surface area contributed by atoms with Crippen LogP contribution in [0.5, 0.6) is 5.75 Å². The molecular weight excluding hydrogens is 368 g/mol. The number of nitrogens with zero attached hydrogens (tertiary/aromatic N) is 2. The third-order valence-corrected chi connectivity index (χ3v) is 5.95. The molecule has 0 saturated carbocycles. The Hall–Kier alpha value is -2.86. The summed E-state index contributed by atoms with van der Waals surface area (Å²) in [6.45, 7) is 1.68. The van der Waals surface area contributed by atoms with E-state index in [4.69, 9.17) is 4.74 Å². The zero-order valence-corrected chi connectivity index (χ0v) is 16.6. The number of carbonyl (C=O) groups excluding carboxylic acids is 2. The number of benzene rings is 2. The number of anilines is 1. The molecule has 6 heteroatoms. The third-order valence-electron chi connectivity index (χ3n) is 5.95. The van der Waals surface area contributed by atoms with Crippen LogP contribution in [0.25, 0.3) is 0 Å². The number of ether oxygens (including phenoxy) is 1. The van der Waals surface area contributed by atoms with Crippen molar-refractivity contribution < 1.29 is 19.4 Å². The van der Waals surface area contributed by atoms with E-state index < -0.39 is 6.10 Å². The zero-order chi connectivity index (χ0) is 20.4. The van der Waals surface area contributed by atoms with Gasteiger partial charge < -0.3 is 19.6 Å². The molecule has 1 fully saturated rings. The van der Waals surface area contributed by atoms with Crippen LogP contribution >= 0.6 is 0 Å². The van der Waals surface area contributed by atoms with E-state index in [0.29, 0.717) is 37.2 Å². The molecule has 152 valence electrons. The fourth-order valence-electron chi connectivity index (χ4n) is 4.26. The van der Waals surface area contributed by atoms with Crippen LogP contribution in [0.15, 0.2) is 48.5 Å². The van der Waals surface area contributed by atoms with Gasteiger partial charge in [0, 0.05) is 31.2 Å². The Balaban J connectivity index is 1.36. The van der Waals surface area contributed by atoms with Crippen molar-refractivity contribution in [1.29, 1.82) is 0 Å². The number of piperidine rings is 1. The predicted molar refractivity (Wildman–Crippen MR) is 110 cm³/mol. The molecule has 6 nitrogen and oxygen atoms in total. The fourth-order valence-corrected chi connectivity index (χ4v) is 4.26. The average molecular weight is 394 g/mol. The van der Waals surface area contributed by atoms with Crippen molar-refractivity contribution in [3.8, 4) is 5.75 Å². The third kappa shape index (κ3) is 3.85. The fraction of sp³-hybridized carbons (Fsp3) is 0.391. The molecule has 2 amide bonds. The van der Waals surface area contributed by atoms with Gasteiger partial charge in [-0.25, -0.2) is 0 Å². The Morgan fingerprint density at radius 1 is 1.07 bits per heavy atom. The van der Waals surface area contributed by atoms with Crippen molar-refractivity contribution in [2.45, 2.75) is 25.4 Å². The first kappa shape index (κ1) is 19.5. The number of methoxy groups -OCH3 is 1. The summed E-state index contributed by atoms with van der Waals surface area (Å²) >= 11 is 0. The normalized spacial score (nSPS) is 17.7. The first-order chi connectivity index (χ1) is 14.1. The molecule has 0 spiro atoms. The molecule has 0 radical (unpaired) electrons. The van der Waals surface area contributed by atoms with Gasteiger partial charge in [-0.15, -0.1) is 0 Å². The summed E-state index contributed by atoms with van der Waals surface area (Å²) in [6.07, 6.45) is 0.913. The van der Waals surface area contributed by atoms with E-state index in [1.54, 1.807) is 36.3 Å². The van der Waals surface area contributed by atoms with E-state index in [-0.39, 0.29) is 17.7 Å². The highest BCUT2D eigenvalue weighted by molar-refractivity contribution is 5.97. The molecule has 1 saturated heterocycles. The second-order valence-corrected chi connectivity index (χ2v) is 7.65. The van der Waals surface area contributed by atoms with Gasteiger partial charge in [0.1, 0.15) is 5.75 Å². The topological polar surface area (TPSA) is 70.1 Å². The lowest BCUT2D eigenvalue weighted by atomic mass is 9.94. The number of likely N-dealkylation sites (tertiary alicyclic amines) is 1. The van der Waals surface area contributed by atoms with E-state index in [9.17, 15) is 14.7 Å². The molecular formula is C23H26N2O4. The maximum Gasteiger partial charge on any atom is 0.256 e. The highest BCUT2D eigenvalue weighted by atomic mass is 16.5. The molecule has 2 heterocycles. The van der Waals surface area contributed by atoms with Gasteiger partial charge in [0.05, 0.1) is 7.11 Å². The van der Waals surface area contributed by atoms with Crippen LogP contribution in [0.3, 0.4) is 0 Å². The van der Waals surface area contributed by atoms with Gasteiger partial charge in [-0.3, -0.25) is 9.59 Å². The lowest BCUT2D eigenvalue weighted by Gasteiger charge is -2.34. The van der Waals surface area contributed by atoms with E-state index in [1.165, 1.54) is 5.56 Å². The minimum atomic E-state index is -1.22. The second kappa shape index (κ2) is 8.25. The molecule has 2 aromatic rings. The summed E-state index contributed by atoms with van der Waals surface area (Å²) in [6, 6.07) is 15.0. The summed E-state index contributed by atoms with van der Waals surface area (Å²) in [5.74, 6) is 0.342. The van der Waals surface area contributed by atoms with Crippen LogP contribution in [-0.4, -0.2) is 48.6 Å². The molecule has 0 bridgehead atoms. The Bertz CT molecular complexity index is 905. The van der Waals surface area contributed by atoms with Gasteiger partial charge in [0.25, 0.3) is 5.91 Å². The van der Waals surface area contributed by atoms with Gasteiger partial charge >= 0.3 is 0 Å². The Labute approximate surface area is 170 Å². The van der Waals surface area contributed by atoms with Crippen LogP contribution in [0, 0.1) is 5.92 Å². The number of hydrogen-bond donors (Lipinski definition) is 1. The minimum Gasteiger partial charge on any atom is -0.497 e. The zero-order valence-electron chi connectivity index (χ0n) is 16.6. The first-order valence-electron chi connectivity index (χ1n) is 10.1. The number of aliphatic hydroxyl groups excluding tert-OH is 1. The molecule has 2 aromatic carbocycles. The Morgan fingerprint density at radius 3 is 2.59 bits per heavy atom. The smallest absolute Gasteiger partial charge is 0.256 e. The molecule has 4 rings (SSSR count). The van der Waals surface area contributed by atoms with Crippen LogP contribution in [-0.2, 0) is 16.0 Å². The van der Waals surface area contributed by atoms with E-state index >= 15 is 0 Å². The monoisotopic (exact) mass is 394 g/mol. The number of rotatable bonds is 4. The molecule has 1 N–H and O–H groups in total. The van der Waals surface area contributed by atoms with Crippen molar-refractivity contribution in [1.82, 2.24) is 4.90 Å². The van der Waals surface area contributed by atoms with Crippen molar-refractivity contribution in [3.63, 3.8) is 0 Å². The molecule has 29 heavy (non-hydrogen) atoms. The largest absolute Gasteiger partial charge is 0.497 e. The molecule has 2 aliphatic rings. The highest BCUT2D eigenvalue weighted by Crippen LogP contribution is 2.31. The number of amides is 2. The minimum absolute atomic E-state index is 0.0841. The van der Waals surface area contributed by atoms with Crippen molar-refractivity contribution >= 4 is 17.5 Å². The maximum absolute atomic E-state index is 13.0. The van der Waals surface area contributed by atoms with Crippen LogP contribution in [0.2, 0.25) is 0 Å². The second-order valence-electron chi connectivity index (χ2n) is 7.65. The number of para-hydroxylation sites is 1. The summed E-state index contributed by atoms with van der Waals surface area (Å²) in [5.41, 5.74) is 2.75. The van der Waals surface area contributed by atoms with Crippen LogP contribution in [0.4, 0.5) is 5.69 Å². The van der Waals surface area contributed by atoms with Crippen molar-refractivity contribution in [2.75, 3.05) is 31.6 Å². The number of hydrogen-bond acceptors (Lipinski definition) is 4. The van der Waals surface area contributed by atoms with E-state index in [0.717, 1.165) is 18.7 Å². The molecule has 1 atom stereocenters. The van der Waals surface area contributed by atoms with Gasteiger partial charge in [0.2, 0.25) is 5.91 Å². The van der Waals surface area contributed by atoms with Crippen molar-refractivity contribution in [3.05, 3.63) is 59.7 Å². The standard InChI is InChI=1S/C23H26N2O4/c1-29-19-7-4-6-18(15-19)21(26)23(28)24-12-9-17(10-13-24)22(27)25-14-11-16-5-2-3-8-20(16)25/h2-8,15,17,21,26H,9-14H2,1H3. The quantitative estimate of drug-likeness (QED) is 0.865. The summed E-state index contributed by atoms with van der Waals surface area (Å²) in [4.78, 5) is 29.3. The van der Waals surface area contributed by atoms with Gasteiger partial charge in [-0.05, 0) is 48.6 Å². The van der Waals surface area contributed by atoms with Crippen LogP contribution in [0.1, 0.15) is 30.1 Å². The molecule has 2 aliphatic heterocycles. The van der Waals surface area contributed by atoms with Gasteiger partial charge in [-0.1, -0.05) is 30.3 Å². The number of carbonyl (C=O) groups is 2. The lowest BCUT2D eigenvalue weighted by Crippen LogP contribution is -2.45. The van der Waals surface area contributed by atoms with Crippen molar-refractivity contribution in [2.24, 2.45) is 5.92 Å². The Morgan fingerprint density at radius 2 is 1.83 bits per heavy atom. The van der Waals surface area contributed by atoms with E-state index in [2.05, 4.69) is 6.07 Å². The summed E-state index contributed by atoms with van der Waals surface area (Å²) in [7, 11) is 1.55.